The van der Waals surface area contributed by atoms with Crippen molar-refractivity contribution < 1.29 is 24.5 Å². The third-order valence-corrected chi connectivity index (χ3v) is 10.0. The van der Waals surface area contributed by atoms with Gasteiger partial charge in [0, 0.05) is 29.2 Å². The van der Waals surface area contributed by atoms with Gasteiger partial charge in [-0.1, -0.05) is 25.2 Å². The number of nitrogens with zero attached hydrogens (tertiary/aromatic N) is 1. The van der Waals surface area contributed by atoms with Crippen LogP contribution in [0.3, 0.4) is 0 Å². The highest BCUT2D eigenvalue weighted by Gasteiger charge is 2.48. The Morgan fingerprint density at radius 2 is 1.84 bits per heavy atom. The molecule has 208 valence electrons. The zero-order valence-electron chi connectivity index (χ0n) is 23.5. The smallest absolute Gasteiger partial charge is 0.334 e. The number of rotatable bonds is 1. The third-order valence-electron chi connectivity index (χ3n) is 10.0. The first kappa shape index (κ1) is 27.5. The fourth-order valence-electron chi connectivity index (χ4n) is 7.70. The summed E-state index contributed by atoms with van der Waals surface area (Å²) in [6, 6.07) is 0. The Morgan fingerprint density at radius 3 is 2.58 bits per heavy atom. The second kappa shape index (κ2) is 10.9. The number of hydrogen-bond acceptors (Lipinski definition) is 6. The highest BCUT2D eigenvalue weighted by Crippen LogP contribution is 2.53. The van der Waals surface area contributed by atoms with Crippen molar-refractivity contribution in [1.29, 1.82) is 0 Å². The molecule has 5 aliphatic rings. The summed E-state index contributed by atoms with van der Waals surface area (Å²) in [5.74, 6) is 0.129. The van der Waals surface area contributed by atoms with Gasteiger partial charge >= 0.3 is 5.97 Å². The molecule has 2 bridgehead atoms. The Hall–Kier alpha value is -2.02. The summed E-state index contributed by atoms with van der Waals surface area (Å²) in [4.78, 5) is 17.3. The van der Waals surface area contributed by atoms with Gasteiger partial charge in [0.15, 0.2) is 0 Å². The van der Waals surface area contributed by atoms with Crippen LogP contribution in [-0.2, 0) is 14.3 Å². The largest absolute Gasteiger partial charge is 0.450 e. The summed E-state index contributed by atoms with van der Waals surface area (Å²) in [6.45, 7) is 13.3. The van der Waals surface area contributed by atoms with Crippen molar-refractivity contribution in [2.24, 2.45) is 22.2 Å². The predicted molar refractivity (Wildman–Crippen MR) is 149 cm³/mol. The molecule has 1 saturated heterocycles. The lowest BCUT2D eigenvalue weighted by atomic mass is 9.57. The average Bonchev–Trinajstić information content (AvgIpc) is 3.43. The van der Waals surface area contributed by atoms with E-state index >= 15 is 0 Å². The molecule has 0 radical (unpaired) electrons. The van der Waals surface area contributed by atoms with Gasteiger partial charge in [0.1, 0.15) is 6.10 Å². The van der Waals surface area contributed by atoms with Crippen LogP contribution in [0.5, 0.6) is 0 Å². The van der Waals surface area contributed by atoms with Crippen LogP contribution in [0.4, 0.5) is 0 Å². The molecule has 2 N–H and O–H groups in total. The number of allylic oxidation sites excluding steroid dienone is 2. The van der Waals surface area contributed by atoms with Crippen molar-refractivity contribution in [3.63, 3.8) is 0 Å². The molecule has 0 saturated carbocycles. The Bertz CT molecular complexity index is 1100. The van der Waals surface area contributed by atoms with Gasteiger partial charge in [-0.15, -0.1) is 0 Å². The molecule has 4 heterocycles. The first-order chi connectivity index (χ1) is 18.1. The first-order valence-corrected chi connectivity index (χ1v) is 14.6. The van der Waals surface area contributed by atoms with E-state index in [1.807, 2.05) is 19.9 Å². The van der Waals surface area contributed by atoms with Crippen molar-refractivity contribution >= 4 is 11.7 Å². The summed E-state index contributed by atoms with van der Waals surface area (Å²) in [5.41, 5.74) is 5.86. The molecule has 0 aromatic heterocycles. The number of fused-ring (bicyclic) bond motifs is 2. The van der Waals surface area contributed by atoms with Crippen molar-refractivity contribution in [3.8, 4) is 0 Å². The molecule has 5 rings (SSSR count). The van der Waals surface area contributed by atoms with E-state index in [0.717, 1.165) is 62.6 Å². The van der Waals surface area contributed by atoms with Gasteiger partial charge in [-0.25, -0.2) is 4.79 Å². The average molecular weight is 524 g/mol. The Kier molecular flexibility index (Phi) is 7.87. The molecule has 0 aromatic rings. The van der Waals surface area contributed by atoms with E-state index in [0.29, 0.717) is 24.3 Å². The molecule has 0 amide bonds. The Morgan fingerprint density at radius 1 is 1.05 bits per heavy atom. The summed E-state index contributed by atoms with van der Waals surface area (Å²) in [7, 11) is 0. The van der Waals surface area contributed by atoms with Crippen LogP contribution in [0.15, 0.2) is 51.6 Å². The van der Waals surface area contributed by atoms with Gasteiger partial charge in [0.25, 0.3) is 0 Å². The number of esters is 1. The quantitative estimate of drug-likeness (QED) is 0.355. The van der Waals surface area contributed by atoms with Crippen LogP contribution in [-0.4, -0.2) is 59.0 Å². The molecular formula is C32H45NO5. The summed E-state index contributed by atoms with van der Waals surface area (Å²) < 4.78 is 12.1. The number of aliphatic hydroxyl groups excluding tert-OH is 2. The van der Waals surface area contributed by atoms with E-state index in [1.165, 1.54) is 16.9 Å². The van der Waals surface area contributed by atoms with Crippen LogP contribution in [0.1, 0.15) is 85.5 Å². The second-order valence-electron chi connectivity index (χ2n) is 12.5. The van der Waals surface area contributed by atoms with Gasteiger partial charge in [0.2, 0.25) is 0 Å². The molecule has 6 heteroatoms. The van der Waals surface area contributed by atoms with Crippen molar-refractivity contribution in [2.45, 2.75) is 116 Å². The minimum absolute atomic E-state index is 0.0613. The molecule has 38 heavy (non-hydrogen) atoms. The maximum atomic E-state index is 12.2. The fraction of sp³-hybridized carbons (Fsp3) is 0.688. The van der Waals surface area contributed by atoms with E-state index < -0.39 is 12.2 Å². The van der Waals surface area contributed by atoms with E-state index in [-0.39, 0.29) is 35.6 Å². The summed E-state index contributed by atoms with van der Waals surface area (Å²) in [6.07, 6.45) is 10.2. The predicted octanol–water partition coefficient (Wildman–Crippen LogP) is 5.40. The SMILES string of the molecule is C=C1[C@@H](O)CCC2=NCCC[C@@]23CCC([C@@H]2C=C(C)C(=O)O2)=C(C)[C@@H]3/C=C(\C)[C@@H](O)CC[C@H]2C[C@@H](C)[C@H]1O2. The minimum atomic E-state index is -0.629. The fourth-order valence-corrected chi connectivity index (χ4v) is 7.70. The van der Waals surface area contributed by atoms with Gasteiger partial charge < -0.3 is 19.7 Å². The Balaban J connectivity index is 1.55. The monoisotopic (exact) mass is 523 g/mol. The number of hydrogen-bond donors (Lipinski definition) is 2. The maximum absolute atomic E-state index is 12.2. The molecular weight excluding hydrogens is 478 g/mol. The zero-order chi connectivity index (χ0) is 27.2. The maximum Gasteiger partial charge on any atom is 0.334 e. The highest BCUT2D eigenvalue weighted by molar-refractivity contribution is 5.93. The molecule has 6 nitrogen and oxygen atoms in total. The number of ether oxygens (including phenoxy) is 2. The summed E-state index contributed by atoms with van der Waals surface area (Å²) in [5, 5.41) is 22.4. The molecule has 0 aromatic carbocycles. The van der Waals surface area contributed by atoms with Gasteiger partial charge in [-0.3, -0.25) is 4.99 Å². The Labute approximate surface area is 227 Å². The van der Waals surface area contributed by atoms with Gasteiger partial charge in [0.05, 0.1) is 24.4 Å². The van der Waals surface area contributed by atoms with Gasteiger partial charge in [-0.2, -0.15) is 0 Å². The van der Waals surface area contributed by atoms with E-state index in [9.17, 15) is 15.0 Å². The van der Waals surface area contributed by atoms with E-state index in [1.54, 1.807) is 0 Å². The minimum Gasteiger partial charge on any atom is -0.450 e. The van der Waals surface area contributed by atoms with E-state index in [4.69, 9.17) is 14.5 Å². The summed E-state index contributed by atoms with van der Waals surface area (Å²) >= 11 is 0. The lowest BCUT2D eigenvalue weighted by Crippen LogP contribution is -2.45. The number of cyclic esters (lactones) is 1. The van der Waals surface area contributed by atoms with Crippen molar-refractivity contribution in [3.05, 3.63) is 46.6 Å². The molecule has 1 aliphatic carbocycles. The van der Waals surface area contributed by atoms with Crippen LogP contribution in [0.25, 0.3) is 0 Å². The lowest BCUT2D eigenvalue weighted by Gasteiger charge is -2.48. The lowest BCUT2D eigenvalue weighted by molar-refractivity contribution is -0.138. The molecule has 8 atom stereocenters. The van der Waals surface area contributed by atoms with Crippen LogP contribution in [0.2, 0.25) is 0 Å². The number of carbonyl (C=O) groups excluding carboxylic acids is 1. The van der Waals surface area contributed by atoms with Crippen LogP contribution in [0, 0.1) is 17.3 Å². The zero-order valence-corrected chi connectivity index (χ0v) is 23.5. The number of carbonyl (C=O) groups is 1. The first-order valence-electron chi connectivity index (χ1n) is 14.6. The highest BCUT2D eigenvalue weighted by atomic mass is 16.5. The topological polar surface area (TPSA) is 88.4 Å². The number of aliphatic imine (C=N–C) groups is 1. The molecule has 1 spiro atoms. The standard InChI is InChI=1S/C32H45NO5/c1-18-16-25-21(4)24(28-17-20(3)31(36)38-28)11-13-32(25)12-6-14-33-29(32)10-9-27(35)22(5)30-19(2)15-23(37-30)7-8-26(18)34/h16-17,19,23,25-28,30,34-35H,5-15H2,1-4H3/b18-16+/t19-,23+,25+,26+,27+,28+,30-,32+/m1/s1. The van der Waals surface area contributed by atoms with Crippen molar-refractivity contribution in [2.75, 3.05) is 6.54 Å². The van der Waals surface area contributed by atoms with Gasteiger partial charge in [-0.05, 0) is 107 Å². The third kappa shape index (κ3) is 5.00. The van der Waals surface area contributed by atoms with Crippen LogP contribution >= 0.6 is 0 Å². The van der Waals surface area contributed by atoms with E-state index in [2.05, 4.69) is 26.5 Å². The van der Waals surface area contributed by atoms with Crippen LogP contribution < -0.4 is 0 Å². The molecule has 4 aliphatic heterocycles. The molecule has 1 fully saturated rings. The van der Waals surface area contributed by atoms with Crippen molar-refractivity contribution in [1.82, 2.24) is 0 Å². The normalized spacial score (nSPS) is 42.2. The molecule has 0 unspecified atom stereocenters. The number of aliphatic hydroxyl groups is 2. The second-order valence-corrected chi connectivity index (χ2v) is 12.5.